The number of benzene rings is 2. The standard InChI is InChI=1S/C21H21N3O2S2/c1-15-8-10-16(11-9-15)22-13-20(25)23-24-21(26)18-6-2-3-7-19(18)28-14-17-5-4-12-27-17/h2-12,22H,13-14H2,1H3,(H,23,25)(H,24,26). The van der Waals surface area contributed by atoms with Gasteiger partial charge in [0.2, 0.25) is 0 Å². The van der Waals surface area contributed by atoms with Crippen LogP contribution in [0.3, 0.4) is 0 Å². The Morgan fingerprint density at radius 3 is 2.50 bits per heavy atom. The van der Waals surface area contributed by atoms with Gasteiger partial charge in [-0.3, -0.25) is 20.4 Å². The third-order valence-corrected chi connectivity index (χ3v) is 6.08. The highest BCUT2D eigenvalue weighted by Crippen LogP contribution is 2.27. The van der Waals surface area contributed by atoms with Gasteiger partial charge in [0.05, 0.1) is 12.1 Å². The van der Waals surface area contributed by atoms with Gasteiger partial charge in [0.25, 0.3) is 11.8 Å². The molecule has 0 bridgehead atoms. The van der Waals surface area contributed by atoms with Crippen LogP contribution in [0.5, 0.6) is 0 Å². The van der Waals surface area contributed by atoms with Crippen molar-refractivity contribution in [2.45, 2.75) is 17.6 Å². The van der Waals surface area contributed by atoms with Crippen LogP contribution in [0.4, 0.5) is 5.69 Å². The third-order valence-electron chi connectivity index (χ3n) is 3.90. The number of hydrazine groups is 1. The van der Waals surface area contributed by atoms with E-state index in [2.05, 4.69) is 22.2 Å². The summed E-state index contributed by atoms with van der Waals surface area (Å²) in [6, 6.07) is 19.2. The SMILES string of the molecule is Cc1ccc(NCC(=O)NNC(=O)c2ccccc2SCc2cccs2)cc1. The van der Waals surface area contributed by atoms with Gasteiger partial charge in [-0.05, 0) is 42.6 Å². The monoisotopic (exact) mass is 411 g/mol. The molecule has 3 aromatic rings. The van der Waals surface area contributed by atoms with E-state index in [1.165, 1.54) is 4.88 Å². The lowest BCUT2D eigenvalue weighted by molar-refractivity contribution is -0.120. The van der Waals surface area contributed by atoms with Crippen molar-refractivity contribution >= 4 is 40.6 Å². The minimum absolute atomic E-state index is 0.0676. The Morgan fingerprint density at radius 1 is 0.964 bits per heavy atom. The fourth-order valence-electron chi connectivity index (χ4n) is 2.42. The number of rotatable bonds is 7. The molecule has 1 heterocycles. The fourth-order valence-corrected chi connectivity index (χ4v) is 4.24. The Kier molecular flexibility index (Phi) is 7.11. The van der Waals surface area contributed by atoms with Crippen LogP contribution in [0.2, 0.25) is 0 Å². The van der Waals surface area contributed by atoms with Gasteiger partial charge in [-0.25, -0.2) is 0 Å². The third kappa shape index (κ3) is 5.87. The maximum absolute atomic E-state index is 12.5. The van der Waals surface area contributed by atoms with Crippen molar-refractivity contribution in [1.29, 1.82) is 0 Å². The molecule has 0 unspecified atom stereocenters. The van der Waals surface area contributed by atoms with E-state index < -0.39 is 0 Å². The number of thioether (sulfide) groups is 1. The number of carbonyl (C=O) groups excluding carboxylic acids is 2. The minimum atomic E-state index is -0.335. The first-order valence-electron chi connectivity index (χ1n) is 8.76. The van der Waals surface area contributed by atoms with Crippen LogP contribution < -0.4 is 16.2 Å². The summed E-state index contributed by atoms with van der Waals surface area (Å²) in [6.45, 7) is 2.07. The lowest BCUT2D eigenvalue weighted by atomic mass is 10.2. The summed E-state index contributed by atoms with van der Waals surface area (Å²) in [5.41, 5.74) is 7.48. The first-order chi connectivity index (χ1) is 13.6. The van der Waals surface area contributed by atoms with Crippen LogP contribution in [-0.2, 0) is 10.5 Å². The van der Waals surface area contributed by atoms with E-state index in [0.717, 1.165) is 21.9 Å². The number of aryl methyl sites for hydroxylation is 1. The number of carbonyl (C=O) groups is 2. The molecule has 0 saturated heterocycles. The van der Waals surface area contributed by atoms with E-state index in [-0.39, 0.29) is 18.4 Å². The molecule has 28 heavy (non-hydrogen) atoms. The average Bonchev–Trinajstić information content (AvgIpc) is 3.24. The molecule has 0 atom stereocenters. The maximum atomic E-state index is 12.5. The molecule has 0 spiro atoms. The number of hydrogen-bond acceptors (Lipinski definition) is 5. The van der Waals surface area contributed by atoms with E-state index in [9.17, 15) is 9.59 Å². The molecule has 2 aromatic carbocycles. The van der Waals surface area contributed by atoms with E-state index in [0.29, 0.717) is 5.56 Å². The van der Waals surface area contributed by atoms with Gasteiger partial charge in [0.15, 0.2) is 0 Å². The van der Waals surface area contributed by atoms with Gasteiger partial charge in [-0.1, -0.05) is 35.9 Å². The zero-order valence-electron chi connectivity index (χ0n) is 15.4. The summed E-state index contributed by atoms with van der Waals surface area (Å²) in [6.07, 6.45) is 0. The Hall–Kier alpha value is -2.77. The second-order valence-electron chi connectivity index (χ2n) is 6.09. The van der Waals surface area contributed by atoms with Crippen LogP contribution in [-0.4, -0.2) is 18.4 Å². The molecule has 2 amide bonds. The number of hydrogen-bond donors (Lipinski definition) is 3. The van der Waals surface area contributed by atoms with Crippen LogP contribution in [0.25, 0.3) is 0 Å². The van der Waals surface area contributed by atoms with Gasteiger partial charge < -0.3 is 5.32 Å². The van der Waals surface area contributed by atoms with Crippen LogP contribution in [0.15, 0.2) is 70.9 Å². The Morgan fingerprint density at radius 2 is 1.75 bits per heavy atom. The molecule has 144 valence electrons. The van der Waals surface area contributed by atoms with E-state index in [1.54, 1.807) is 29.2 Å². The topological polar surface area (TPSA) is 70.2 Å². The highest BCUT2D eigenvalue weighted by Gasteiger charge is 2.12. The normalized spacial score (nSPS) is 10.3. The summed E-state index contributed by atoms with van der Waals surface area (Å²) in [5.74, 6) is 0.144. The quantitative estimate of drug-likeness (QED) is 0.402. The molecule has 5 nitrogen and oxygen atoms in total. The number of anilines is 1. The van der Waals surface area contributed by atoms with Crippen molar-refractivity contribution in [2.75, 3.05) is 11.9 Å². The largest absolute Gasteiger partial charge is 0.376 e. The Labute approximate surface area is 172 Å². The molecule has 0 fully saturated rings. The van der Waals surface area contributed by atoms with Crippen molar-refractivity contribution in [3.63, 3.8) is 0 Å². The predicted molar refractivity (Wildman–Crippen MR) is 116 cm³/mol. The summed E-state index contributed by atoms with van der Waals surface area (Å²) in [5, 5.41) is 5.05. The summed E-state index contributed by atoms with van der Waals surface area (Å²) in [4.78, 5) is 26.6. The van der Waals surface area contributed by atoms with Gasteiger partial charge in [-0.2, -0.15) is 0 Å². The van der Waals surface area contributed by atoms with Gasteiger partial charge in [0, 0.05) is 21.2 Å². The molecular formula is C21H21N3O2S2. The number of nitrogens with one attached hydrogen (secondary N) is 3. The smallest absolute Gasteiger partial charge is 0.270 e. The van der Waals surface area contributed by atoms with Crippen LogP contribution in [0, 0.1) is 6.92 Å². The molecule has 0 radical (unpaired) electrons. The lowest BCUT2D eigenvalue weighted by Gasteiger charge is -2.11. The zero-order chi connectivity index (χ0) is 19.8. The number of amides is 2. The molecule has 0 aliphatic heterocycles. The number of thiophene rings is 1. The second kappa shape index (κ2) is 9.96. The van der Waals surface area contributed by atoms with Gasteiger partial charge >= 0.3 is 0 Å². The molecule has 3 N–H and O–H groups in total. The summed E-state index contributed by atoms with van der Waals surface area (Å²) < 4.78 is 0. The molecule has 7 heteroatoms. The first kappa shape index (κ1) is 20.0. The Bertz CT molecular complexity index is 925. The predicted octanol–water partition coefficient (Wildman–Crippen LogP) is 4.22. The lowest BCUT2D eigenvalue weighted by Crippen LogP contribution is -2.44. The highest BCUT2D eigenvalue weighted by molar-refractivity contribution is 7.98. The Balaban J connectivity index is 1.50. The van der Waals surface area contributed by atoms with Crippen LogP contribution >= 0.6 is 23.1 Å². The van der Waals surface area contributed by atoms with Crippen molar-refractivity contribution in [2.24, 2.45) is 0 Å². The van der Waals surface area contributed by atoms with Gasteiger partial charge in [0.1, 0.15) is 0 Å². The second-order valence-corrected chi connectivity index (χ2v) is 8.14. The molecular weight excluding hydrogens is 390 g/mol. The summed E-state index contributed by atoms with van der Waals surface area (Å²) in [7, 11) is 0. The first-order valence-corrected chi connectivity index (χ1v) is 10.6. The molecule has 0 aliphatic rings. The van der Waals surface area contributed by atoms with Crippen molar-refractivity contribution in [3.05, 3.63) is 82.0 Å². The zero-order valence-corrected chi connectivity index (χ0v) is 17.0. The fraction of sp³-hybridized carbons (Fsp3) is 0.143. The molecule has 1 aromatic heterocycles. The van der Waals surface area contributed by atoms with Gasteiger partial charge in [-0.15, -0.1) is 23.1 Å². The van der Waals surface area contributed by atoms with Crippen molar-refractivity contribution in [3.8, 4) is 0 Å². The summed E-state index contributed by atoms with van der Waals surface area (Å²) >= 11 is 3.29. The van der Waals surface area contributed by atoms with Crippen LogP contribution in [0.1, 0.15) is 20.8 Å². The molecule has 3 rings (SSSR count). The van der Waals surface area contributed by atoms with E-state index >= 15 is 0 Å². The van der Waals surface area contributed by atoms with Crippen molar-refractivity contribution in [1.82, 2.24) is 10.9 Å². The van der Waals surface area contributed by atoms with E-state index in [4.69, 9.17) is 0 Å². The highest BCUT2D eigenvalue weighted by atomic mass is 32.2. The molecule has 0 saturated carbocycles. The van der Waals surface area contributed by atoms with Crippen molar-refractivity contribution < 1.29 is 9.59 Å². The maximum Gasteiger partial charge on any atom is 0.270 e. The minimum Gasteiger partial charge on any atom is -0.376 e. The average molecular weight is 412 g/mol. The van der Waals surface area contributed by atoms with E-state index in [1.807, 2.05) is 60.8 Å². The molecule has 0 aliphatic carbocycles.